The standard InChI is InChI=1S/C9H17NO5S/c1-4-5-10-8(11)6(2)16(14,15)7(3)9(12)13/h6-7H,4-5H2,1-3H3,(H,10,11)(H,12,13). The molecule has 0 saturated carbocycles. The third-order valence-corrected chi connectivity index (χ3v) is 4.64. The number of hydrogen-bond acceptors (Lipinski definition) is 4. The molecule has 0 rings (SSSR count). The lowest BCUT2D eigenvalue weighted by Crippen LogP contribution is -2.43. The van der Waals surface area contributed by atoms with E-state index >= 15 is 0 Å². The highest BCUT2D eigenvalue weighted by atomic mass is 32.2. The first-order chi connectivity index (χ1) is 7.25. The molecule has 2 unspecified atom stereocenters. The average molecular weight is 251 g/mol. The molecule has 0 fully saturated rings. The number of carbonyl (C=O) groups is 2. The highest BCUT2D eigenvalue weighted by Crippen LogP contribution is 2.10. The quantitative estimate of drug-likeness (QED) is 0.680. The summed E-state index contributed by atoms with van der Waals surface area (Å²) < 4.78 is 23.3. The highest BCUT2D eigenvalue weighted by molar-refractivity contribution is 7.94. The predicted octanol–water partition coefficient (Wildman–Crippen LogP) is -0.211. The summed E-state index contributed by atoms with van der Waals surface area (Å²) in [6, 6.07) is 0. The molecule has 0 aromatic rings. The van der Waals surface area contributed by atoms with Crippen molar-refractivity contribution in [2.75, 3.05) is 6.54 Å². The van der Waals surface area contributed by atoms with Crippen molar-refractivity contribution in [3.8, 4) is 0 Å². The third kappa shape index (κ3) is 3.48. The van der Waals surface area contributed by atoms with Crippen molar-refractivity contribution in [2.45, 2.75) is 37.7 Å². The SMILES string of the molecule is CCCNC(=O)C(C)S(=O)(=O)C(C)C(=O)O. The van der Waals surface area contributed by atoms with E-state index < -0.39 is 32.2 Å². The molecular weight excluding hydrogens is 234 g/mol. The van der Waals surface area contributed by atoms with Crippen molar-refractivity contribution in [3.63, 3.8) is 0 Å². The fraction of sp³-hybridized carbons (Fsp3) is 0.778. The van der Waals surface area contributed by atoms with Crippen LogP contribution >= 0.6 is 0 Å². The van der Waals surface area contributed by atoms with Crippen LogP contribution in [0.5, 0.6) is 0 Å². The van der Waals surface area contributed by atoms with Crippen molar-refractivity contribution in [2.24, 2.45) is 0 Å². The van der Waals surface area contributed by atoms with E-state index in [0.717, 1.165) is 6.92 Å². The third-order valence-electron chi connectivity index (χ3n) is 2.25. The van der Waals surface area contributed by atoms with Crippen LogP contribution in [0, 0.1) is 0 Å². The van der Waals surface area contributed by atoms with E-state index in [0.29, 0.717) is 13.0 Å². The van der Waals surface area contributed by atoms with Gasteiger partial charge in [-0.15, -0.1) is 0 Å². The molecule has 0 aliphatic heterocycles. The van der Waals surface area contributed by atoms with Crippen molar-refractivity contribution < 1.29 is 23.1 Å². The molecule has 0 bridgehead atoms. The summed E-state index contributed by atoms with van der Waals surface area (Å²) in [5.74, 6) is -2.11. The van der Waals surface area contributed by atoms with Gasteiger partial charge in [-0.1, -0.05) is 6.92 Å². The molecule has 0 aliphatic rings. The molecule has 2 N–H and O–H groups in total. The molecule has 0 saturated heterocycles. The summed E-state index contributed by atoms with van der Waals surface area (Å²) in [6.07, 6.45) is 0.687. The molecule has 6 nitrogen and oxygen atoms in total. The van der Waals surface area contributed by atoms with Gasteiger partial charge in [0.1, 0.15) is 5.25 Å². The maximum Gasteiger partial charge on any atom is 0.321 e. The molecule has 0 aliphatic carbocycles. The summed E-state index contributed by atoms with van der Waals surface area (Å²) in [5.41, 5.74) is 0. The summed E-state index contributed by atoms with van der Waals surface area (Å²) in [6.45, 7) is 4.46. The molecule has 0 radical (unpaired) electrons. The second-order valence-corrected chi connectivity index (χ2v) is 6.10. The Kier molecular flexibility index (Phi) is 5.43. The summed E-state index contributed by atoms with van der Waals surface area (Å²) in [5, 5.41) is 8.12. The van der Waals surface area contributed by atoms with Gasteiger partial charge in [0.15, 0.2) is 15.1 Å². The van der Waals surface area contributed by atoms with Gasteiger partial charge < -0.3 is 10.4 Å². The smallest absolute Gasteiger partial charge is 0.321 e. The van der Waals surface area contributed by atoms with Crippen LogP contribution in [0.15, 0.2) is 0 Å². The van der Waals surface area contributed by atoms with Gasteiger partial charge in [0.05, 0.1) is 0 Å². The number of carboxylic acids is 1. The topological polar surface area (TPSA) is 101 Å². The van der Waals surface area contributed by atoms with E-state index in [4.69, 9.17) is 5.11 Å². The van der Waals surface area contributed by atoms with E-state index in [9.17, 15) is 18.0 Å². The van der Waals surface area contributed by atoms with Crippen LogP contribution in [-0.4, -0.2) is 42.4 Å². The van der Waals surface area contributed by atoms with E-state index in [1.807, 2.05) is 6.92 Å². The fourth-order valence-electron chi connectivity index (χ4n) is 0.988. The molecule has 2 atom stereocenters. The predicted molar refractivity (Wildman–Crippen MR) is 58.8 cm³/mol. The van der Waals surface area contributed by atoms with Crippen molar-refractivity contribution in [1.29, 1.82) is 0 Å². The number of sulfone groups is 1. The molecule has 0 aromatic heterocycles. The minimum Gasteiger partial charge on any atom is -0.480 e. The largest absolute Gasteiger partial charge is 0.480 e. The van der Waals surface area contributed by atoms with Gasteiger partial charge in [0.2, 0.25) is 5.91 Å². The second kappa shape index (κ2) is 5.83. The summed E-state index contributed by atoms with van der Waals surface area (Å²) in [7, 11) is -3.98. The Morgan fingerprint density at radius 2 is 1.75 bits per heavy atom. The number of carboxylic acid groups (broad SMARTS) is 1. The maximum absolute atomic E-state index is 11.6. The molecule has 1 amide bonds. The van der Waals surface area contributed by atoms with Gasteiger partial charge in [-0.25, -0.2) is 8.42 Å². The average Bonchev–Trinajstić information content (AvgIpc) is 2.23. The number of nitrogens with one attached hydrogen (secondary N) is 1. The molecule has 94 valence electrons. The summed E-state index contributed by atoms with van der Waals surface area (Å²) >= 11 is 0. The Balaban J connectivity index is 4.77. The lowest BCUT2D eigenvalue weighted by Gasteiger charge is -2.15. The van der Waals surface area contributed by atoms with Gasteiger partial charge in [-0.3, -0.25) is 9.59 Å². The maximum atomic E-state index is 11.6. The molecule has 0 heterocycles. The number of carbonyl (C=O) groups excluding carboxylic acids is 1. The Bertz CT molecular complexity index is 362. The normalized spacial score (nSPS) is 15.2. The van der Waals surface area contributed by atoms with E-state index in [-0.39, 0.29) is 0 Å². The van der Waals surface area contributed by atoms with Crippen LogP contribution in [0.1, 0.15) is 27.2 Å². The van der Waals surface area contributed by atoms with Crippen molar-refractivity contribution in [1.82, 2.24) is 5.32 Å². The molecular formula is C9H17NO5S. The van der Waals surface area contributed by atoms with Crippen molar-refractivity contribution in [3.05, 3.63) is 0 Å². The first-order valence-electron chi connectivity index (χ1n) is 4.98. The van der Waals surface area contributed by atoms with Crippen LogP contribution < -0.4 is 5.32 Å². The van der Waals surface area contributed by atoms with Crippen LogP contribution in [0.4, 0.5) is 0 Å². The van der Waals surface area contributed by atoms with Crippen LogP contribution in [-0.2, 0) is 19.4 Å². The Hall–Kier alpha value is -1.11. The second-order valence-electron chi connectivity index (χ2n) is 3.50. The Labute approximate surface area is 95.0 Å². The fourth-order valence-corrected chi connectivity index (χ4v) is 2.26. The zero-order chi connectivity index (χ0) is 12.9. The molecule has 0 aromatic carbocycles. The molecule has 7 heteroatoms. The number of rotatable bonds is 6. The number of hydrogen-bond donors (Lipinski definition) is 2. The van der Waals surface area contributed by atoms with Gasteiger partial charge in [0.25, 0.3) is 0 Å². The first kappa shape index (κ1) is 14.9. The molecule has 16 heavy (non-hydrogen) atoms. The monoisotopic (exact) mass is 251 g/mol. The van der Waals surface area contributed by atoms with Gasteiger partial charge in [-0.05, 0) is 20.3 Å². The number of aliphatic carboxylic acids is 1. The van der Waals surface area contributed by atoms with E-state index in [1.165, 1.54) is 6.92 Å². The summed E-state index contributed by atoms with van der Waals surface area (Å²) in [4.78, 5) is 22.0. The van der Waals surface area contributed by atoms with Gasteiger partial charge in [0, 0.05) is 6.54 Å². The highest BCUT2D eigenvalue weighted by Gasteiger charge is 2.36. The minimum absolute atomic E-state index is 0.375. The first-order valence-corrected chi connectivity index (χ1v) is 6.59. The van der Waals surface area contributed by atoms with Crippen LogP contribution in [0.2, 0.25) is 0 Å². The lowest BCUT2D eigenvalue weighted by molar-refractivity contribution is -0.136. The van der Waals surface area contributed by atoms with E-state index in [2.05, 4.69) is 5.32 Å². The van der Waals surface area contributed by atoms with Crippen LogP contribution in [0.3, 0.4) is 0 Å². The number of amides is 1. The minimum atomic E-state index is -3.98. The van der Waals surface area contributed by atoms with Crippen molar-refractivity contribution >= 4 is 21.7 Å². The Morgan fingerprint density at radius 3 is 2.12 bits per heavy atom. The van der Waals surface area contributed by atoms with Crippen LogP contribution in [0.25, 0.3) is 0 Å². The lowest BCUT2D eigenvalue weighted by atomic mass is 10.4. The zero-order valence-corrected chi connectivity index (χ0v) is 10.4. The Morgan fingerprint density at radius 1 is 1.25 bits per heavy atom. The molecule has 0 spiro atoms. The zero-order valence-electron chi connectivity index (χ0n) is 9.56. The van der Waals surface area contributed by atoms with Gasteiger partial charge >= 0.3 is 5.97 Å². The van der Waals surface area contributed by atoms with E-state index in [1.54, 1.807) is 0 Å². The van der Waals surface area contributed by atoms with Gasteiger partial charge in [-0.2, -0.15) is 0 Å².